The summed E-state index contributed by atoms with van der Waals surface area (Å²) in [6, 6.07) is 0. The lowest BCUT2D eigenvalue weighted by Gasteiger charge is -2.28. The van der Waals surface area contributed by atoms with Crippen molar-refractivity contribution in [3.8, 4) is 5.88 Å². The van der Waals surface area contributed by atoms with Crippen LogP contribution in [0, 0.1) is 6.92 Å². The number of aromatic nitrogens is 4. The molecule has 10 heteroatoms. The molecule has 0 atom stereocenters. The number of furan rings is 1. The van der Waals surface area contributed by atoms with Crippen LogP contribution in [0.5, 0.6) is 5.88 Å². The van der Waals surface area contributed by atoms with Crippen molar-refractivity contribution >= 4 is 22.8 Å². The third-order valence-electron chi connectivity index (χ3n) is 6.08. The predicted octanol–water partition coefficient (Wildman–Crippen LogP) is 2.51. The van der Waals surface area contributed by atoms with Gasteiger partial charge < -0.3 is 24.1 Å². The van der Waals surface area contributed by atoms with Gasteiger partial charge in [-0.1, -0.05) is 0 Å². The van der Waals surface area contributed by atoms with Gasteiger partial charge in [0.05, 0.1) is 29.8 Å². The van der Waals surface area contributed by atoms with Crippen molar-refractivity contribution in [2.24, 2.45) is 0 Å². The molecule has 4 heterocycles. The van der Waals surface area contributed by atoms with Gasteiger partial charge in [0.1, 0.15) is 30.8 Å². The Morgan fingerprint density at radius 1 is 1.22 bits per heavy atom. The van der Waals surface area contributed by atoms with Gasteiger partial charge in [-0.3, -0.25) is 4.79 Å². The third-order valence-corrected chi connectivity index (χ3v) is 6.08. The Morgan fingerprint density at radius 2 is 2.03 bits per heavy atom. The van der Waals surface area contributed by atoms with E-state index in [1.165, 1.54) is 12.7 Å². The van der Waals surface area contributed by atoms with E-state index in [4.69, 9.17) is 13.9 Å². The number of nitrogens with one attached hydrogen (secondary N) is 1. The maximum absolute atomic E-state index is 13.6. The van der Waals surface area contributed by atoms with Crippen LogP contribution in [0.4, 0.5) is 5.82 Å². The van der Waals surface area contributed by atoms with Gasteiger partial charge in [0.25, 0.3) is 5.91 Å². The molecule has 0 saturated heterocycles. The smallest absolute Gasteiger partial charge is 0.258 e. The minimum atomic E-state index is -0.119. The number of hydrogen-bond acceptors (Lipinski definition) is 9. The molecular weight excluding hydrogens is 412 g/mol. The van der Waals surface area contributed by atoms with E-state index in [-0.39, 0.29) is 11.4 Å². The first kappa shape index (κ1) is 20.6. The molecule has 1 aliphatic heterocycles. The quantitative estimate of drug-likeness (QED) is 0.556. The lowest BCUT2D eigenvalue weighted by Crippen LogP contribution is -2.37. The fraction of sp³-hybridized carbons (Fsp3) is 0.500. The Bertz CT molecular complexity index is 1170. The number of rotatable bonds is 7. The minimum absolute atomic E-state index is 0.00692. The first-order chi connectivity index (χ1) is 15.5. The molecule has 1 fully saturated rings. The van der Waals surface area contributed by atoms with Crippen LogP contribution >= 0.6 is 0 Å². The van der Waals surface area contributed by atoms with Crippen LogP contribution in [-0.4, -0.2) is 63.2 Å². The van der Waals surface area contributed by atoms with E-state index in [1.54, 1.807) is 18.9 Å². The summed E-state index contributed by atoms with van der Waals surface area (Å²) in [5.74, 6) is 1.61. The number of amides is 1. The normalized spacial score (nSPS) is 16.7. The van der Waals surface area contributed by atoms with E-state index >= 15 is 0 Å². The summed E-state index contributed by atoms with van der Waals surface area (Å²) in [5, 5.41) is 4.10. The number of aryl methyl sites for hydroxylation is 1. The zero-order chi connectivity index (χ0) is 22.3. The highest BCUT2D eigenvalue weighted by Gasteiger charge is 2.39. The summed E-state index contributed by atoms with van der Waals surface area (Å²) < 4.78 is 16.6. The van der Waals surface area contributed by atoms with Crippen LogP contribution < -0.4 is 10.1 Å². The second-order valence-corrected chi connectivity index (χ2v) is 8.54. The maximum Gasteiger partial charge on any atom is 0.258 e. The first-order valence-electron chi connectivity index (χ1n) is 10.7. The van der Waals surface area contributed by atoms with Crippen molar-refractivity contribution in [1.82, 2.24) is 24.8 Å². The van der Waals surface area contributed by atoms with E-state index in [1.807, 2.05) is 0 Å². The van der Waals surface area contributed by atoms with Gasteiger partial charge in [-0.05, 0) is 33.1 Å². The van der Waals surface area contributed by atoms with E-state index in [9.17, 15) is 4.79 Å². The molecule has 0 unspecified atom stereocenters. The molecule has 3 aromatic rings. The van der Waals surface area contributed by atoms with Gasteiger partial charge >= 0.3 is 0 Å². The molecular formula is C22H26N6O4. The largest absolute Gasteiger partial charge is 0.475 e. The molecule has 1 N–H and O–H groups in total. The van der Waals surface area contributed by atoms with Gasteiger partial charge in [-0.25, -0.2) is 19.9 Å². The highest BCUT2D eigenvalue weighted by molar-refractivity contribution is 6.10. The number of fused-ring (bicyclic) bond motifs is 2. The number of nitrogens with zero attached hydrogens (tertiary/aromatic N) is 5. The second-order valence-electron chi connectivity index (χ2n) is 8.54. The molecule has 5 rings (SSSR count). The number of hydrogen-bond donors (Lipinski definition) is 1. The molecule has 1 aliphatic carbocycles. The fourth-order valence-corrected chi connectivity index (χ4v) is 4.00. The molecule has 0 radical (unpaired) electrons. The van der Waals surface area contributed by atoms with Crippen molar-refractivity contribution < 1.29 is 18.7 Å². The van der Waals surface area contributed by atoms with Gasteiger partial charge in [-0.2, -0.15) is 0 Å². The van der Waals surface area contributed by atoms with Crippen LogP contribution in [0.1, 0.15) is 47.1 Å². The van der Waals surface area contributed by atoms with Crippen molar-refractivity contribution in [3.05, 3.63) is 35.2 Å². The van der Waals surface area contributed by atoms with Crippen molar-refractivity contribution in [2.75, 3.05) is 32.2 Å². The van der Waals surface area contributed by atoms with Crippen LogP contribution in [0.15, 0.2) is 17.1 Å². The zero-order valence-corrected chi connectivity index (χ0v) is 18.5. The molecule has 2 aliphatic rings. The van der Waals surface area contributed by atoms with E-state index in [0.717, 1.165) is 24.1 Å². The Labute approximate surface area is 185 Å². The van der Waals surface area contributed by atoms with Crippen molar-refractivity contribution in [3.63, 3.8) is 0 Å². The van der Waals surface area contributed by atoms with Gasteiger partial charge in [0, 0.05) is 24.8 Å². The standard InChI is InChI=1S/C22H26N6O4/c1-13-16(17-18(27-22(2)5-6-22)24-12-26-20(17)32-13)21(29)28-7-4-14-15(10-28)23-11-25-19(14)31-9-8-30-3/h11-12H,4-10H2,1-3H3,(H,24,26,27). The Kier molecular flexibility index (Phi) is 5.16. The fourth-order valence-electron chi connectivity index (χ4n) is 4.00. The van der Waals surface area contributed by atoms with Crippen LogP contribution in [0.3, 0.4) is 0 Å². The molecule has 1 amide bonds. The summed E-state index contributed by atoms with van der Waals surface area (Å²) in [7, 11) is 1.63. The van der Waals surface area contributed by atoms with Crippen molar-refractivity contribution in [2.45, 2.75) is 45.2 Å². The maximum atomic E-state index is 13.6. The minimum Gasteiger partial charge on any atom is -0.475 e. The summed E-state index contributed by atoms with van der Waals surface area (Å²) in [4.78, 5) is 32.7. The highest BCUT2D eigenvalue weighted by atomic mass is 16.5. The molecule has 32 heavy (non-hydrogen) atoms. The average Bonchev–Trinajstić information content (AvgIpc) is 3.41. The topological polar surface area (TPSA) is 116 Å². The van der Waals surface area contributed by atoms with Crippen LogP contribution in [-0.2, 0) is 17.7 Å². The zero-order valence-electron chi connectivity index (χ0n) is 18.5. The summed E-state index contributed by atoms with van der Waals surface area (Å²) >= 11 is 0. The number of methoxy groups -OCH3 is 1. The molecule has 3 aromatic heterocycles. The van der Waals surface area contributed by atoms with E-state index < -0.39 is 0 Å². The lowest BCUT2D eigenvalue weighted by molar-refractivity contribution is 0.0729. The Morgan fingerprint density at radius 3 is 2.81 bits per heavy atom. The van der Waals surface area contributed by atoms with Crippen LogP contribution in [0.2, 0.25) is 0 Å². The van der Waals surface area contributed by atoms with Gasteiger partial charge in [0.15, 0.2) is 0 Å². The van der Waals surface area contributed by atoms with Crippen LogP contribution in [0.25, 0.3) is 11.1 Å². The second kappa shape index (κ2) is 8.01. The monoisotopic (exact) mass is 438 g/mol. The Balaban J connectivity index is 1.43. The number of carbonyl (C=O) groups is 1. The lowest BCUT2D eigenvalue weighted by atomic mass is 10.0. The SMILES string of the molecule is COCCOc1ncnc2c1CCN(C(=O)c1c(C)oc3ncnc(NC4(C)CC4)c13)C2. The summed E-state index contributed by atoms with van der Waals surface area (Å²) in [6.45, 7) is 5.73. The number of ether oxygens (including phenoxy) is 2. The summed E-state index contributed by atoms with van der Waals surface area (Å²) in [5.41, 5.74) is 2.65. The molecule has 0 bridgehead atoms. The third kappa shape index (κ3) is 3.75. The van der Waals surface area contributed by atoms with E-state index in [2.05, 4.69) is 32.2 Å². The molecule has 1 saturated carbocycles. The van der Waals surface area contributed by atoms with E-state index in [0.29, 0.717) is 66.8 Å². The van der Waals surface area contributed by atoms with Gasteiger partial charge in [0.2, 0.25) is 11.6 Å². The molecule has 0 spiro atoms. The Hall–Kier alpha value is -3.27. The summed E-state index contributed by atoms with van der Waals surface area (Å²) in [6.07, 6.45) is 5.68. The molecule has 168 valence electrons. The average molecular weight is 438 g/mol. The highest BCUT2D eigenvalue weighted by Crippen LogP contribution is 2.40. The van der Waals surface area contributed by atoms with Gasteiger partial charge in [-0.15, -0.1) is 0 Å². The first-order valence-corrected chi connectivity index (χ1v) is 10.7. The molecule has 0 aromatic carbocycles. The number of carbonyl (C=O) groups excluding carboxylic acids is 1. The van der Waals surface area contributed by atoms with Crippen molar-refractivity contribution in [1.29, 1.82) is 0 Å². The number of anilines is 1. The molecule has 10 nitrogen and oxygen atoms in total. The predicted molar refractivity (Wildman–Crippen MR) is 116 cm³/mol.